The lowest BCUT2D eigenvalue weighted by molar-refractivity contribution is 0.0915. The summed E-state index contributed by atoms with van der Waals surface area (Å²) in [4.78, 5) is 11.9. The molecule has 0 bridgehead atoms. The molecule has 0 spiro atoms. The van der Waals surface area contributed by atoms with Crippen molar-refractivity contribution in [1.29, 1.82) is 0 Å². The van der Waals surface area contributed by atoms with E-state index in [1.807, 2.05) is 18.2 Å². The average molecular weight is 338 g/mol. The summed E-state index contributed by atoms with van der Waals surface area (Å²) in [5.41, 5.74) is 0.913. The molecule has 2 N–H and O–H groups in total. The number of amides is 1. The van der Waals surface area contributed by atoms with Gasteiger partial charge in [0.25, 0.3) is 5.91 Å². The fourth-order valence-electron chi connectivity index (χ4n) is 1.75. The van der Waals surface area contributed by atoms with Crippen LogP contribution in [0.4, 0.5) is 4.39 Å². The van der Waals surface area contributed by atoms with Crippen LogP contribution in [-0.2, 0) is 0 Å². The summed E-state index contributed by atoms with van der Waals surface area (Å²) in [5.74, 6) is -0.923. The molecule has 0 aromatic heterocycles. The van der Waals surface area contributed by atoms with Crippen molar-refractivity contribution >= 4 is 21.8 Å². The molecular formula is C15H13BrFNO2. The summed E-state index contributed by atoms with van der Waals surface area (Å²) in [6, 6.07) is 12.9. The molecule has 3 nitrogen and oxygen atoms in total. The molecule has 0 aliphatic rings. The smallest absolute Gasteiger partial charge is 0.252 e. The number of aliphatic hydroxyl groups excluding tert-OH is 1. The third-order valence-corrected chi connectivity index (χ3v) is 3.50. The molecule has 20 heavy (non-hydrogen) atoms. The Morgan fingerprint density at radius 3 is 2.65 bits per heavy atom. The minimum Gasteiger partial charge on any atom is -0.387 e. The van der Waals surface area contributed by atoms with Crippen LogP contribution >= 0.6 is 15.9 Å². The molecule has 104 valence electrons. The Balaban J connectivity index is 2.00. The Hall–Kier alpha value is -1.72. The van der Waals surface area contributed by atoms with Crippen molar-refractivity contribution in [1.82, 2.24) is 5.32 Å². The van der Waals surface area contributed by atoms with Crippen LogP contribution in [0.5, 0.6) is 0 Å². The summed E-state index contributed by atoms with van der Waals surface area (Å²) in [6.07, 6.45) is -0.799. The number of carbonyl (C=O) groups excluding carboxylic acids is 1. The average Bonchev–Trinajstić information content (AvgIpc) is 2.47. The Kier molecular flexibility index (Phi) is 4.87. The van der Waals surface area contributed by atoms with E-state index >= 15 is 0 Å². The van der Waals surface area contributed by atoms with Gasteiger partial charge in [0, 0.05) is 11.0 Å². The van der Waals surface area contributed by atoms with Crippen LogP contribution in [0.25, 0.3) is 0 Å². The van der Waals surface area contributed by atoms with Gasteiger partial charge < -0.3 is 10.4 Å². The van der Waals surface area contributed by atoms with Gasteiger partial charge in [-0.15, -0.1) is 0 Å². The van der Waals surface area contributed by atoms with E-state index in [1.54, 1.807) is 12.1 Å². The van der Waals surface area contributed by atoms with Gasteiger partial charge in [-0.05, 0) is 39.7 Å². The molecule has 0 fully saturated rings. The highest BCUT2D eigenvalue weighted by Gasteiger charge is 2.13. The topological polar surface area (TPSA) is 49.3 Å². The Labute approximate surface area is 124 Å². The predicted octanol–water partition coefficient (Wildman–Crippen LogP) is 3.05. The highest BCUT2D eigenvalue weighted by atomic mass is 79.9. The van der Waals surface area contributed by atoms with Gasteiger partial charge in [-0.1, -0.05) is 30.3 Å². The van der Waals surface area contributed by atoms with E-state index in [0.29, 0.717) is 10.0 Å². The molecular weight excluding hydrogens is 325 g/mol. The number of aliphatic hydroxyl groups is 1. The number of halogens is 2. The van der Waals surface area contributed by atoms with Gasteiger partial charge in [0.1, 0.15) is 5.82 Å². The quantitative estimate of drug-likeness (QED) is 0.900. The lowest BCUT2D eigenvalue weighted by atomic mass is 10.1. The van der Waals surface area contributed by atoms with E-state index < -0.39 is 17.8 Å². The Bertz CT molecular complexity index is 604. The Morgan fingerprint density at radius 2 is 1.95 bits per heavy atom. The van der Waals surface area contributed by atoms with E-state index in [-0.39, 0.29) is 12.1 Å². The zero-order valence-electron chi connectivity index (χ0n) is 10.5. The lowest BCUT2D eigenvalue weighted by Crippen LogP contribution is -2.28. The van der Waals surface area contributed by atoms with E-state index in [2.05, 4.69) is 21.2 Å². The van der Waals surface area contributed by atoms with Crippen LogP contribution in [-0.4, -0.2) is 17.6 Å². The molecule has 0 radical (unpaired) electrons. The monoisotopic (exact) mass is 337 g/mol. The number of carbonyl (C=O) groups is 1. The SMILES string of the molecule is O=C(NCC(O)c1ccccc1)c1cc(F)ccc1Br. The van der Waals surface area contributed by atoms with Gasteiger partial charge in [-0.3, -0.25) is 4.79 Å². The fraction of sp³-hybridized carbons (Fsp3) is 0.133. The zero-order valence-corrected chi connectivity index (χ0v) is 12.1. The normalized spacial score (nSPS) is 11.9. The predicted molar refractivity (Wildman–Crippen MR) is 77.8 cm³/mol. The third-order valence-electron chi connectivity index (χ3n) is 2.81. The number of rotatable bonds is 4. The minimum atomic E-state index is -0.799. The molecule has 1 atom stereocenters. The maximum Gasteiger partial charge on any atom is 0.252 e. The van der Waals surface area contributed by atoms with Crippen LogP contribution in [0.3, 0.4) is 0 Å². The maximum atomic E-state index is 13.1. The first kappa shape index (κ1) is 14.7. The summed E-state index contributed by atoms with van der Waals surface area (Å²) < 4.78 is 13.6. The fourth-order valence-corrected chi connectivity index (χ4v) is 2.18. The van der Waals surface area contributed by atoms with Crippen LogP contribution < -0.4 is 5.32 Å². The first-order chi connectivity index (χ1) is 9.58. The van der Waals surface area contributed by atoms with E-state index in [4.69, 9.17) is 0 Å². The van der Waals surface area contributed by atoms with Crippen molar-refractivity contribution in [2.24, 2.45) is 0 Å². The van der Waals surface area contributed by atoms with Crippen molar-refractivity contribution in [2.45, 2.75) is 6.10 Å². The summed E-state index contributed by atoms with van der Waals surface area (Å²) in [5, 5.41) is 12.5. The van der Waals surface area contributed by atoms with Crippen molar-refractivity contribution in [3.63, 3.8) is 0 Å². The van der Waals surface area contributed by atoms with Crippen molar-refractivity contribution < 1.29 is 14.3 Å². The summed E-state index contributed by atoms with van der Waals surface area (Å²) in [6.45, 7) is 0.0613. The molecule has 1 amide bonds. The standard InChI is InChI=1S/C15H13BrFNO2/c16-13-7-6-11(17)8-12(13)15(20)18-9-14(19)10-4-2-1-3-5-10/h1-8,14,19H,9H2,(H,18,20). The largest absolute Gasteiger partial charge is 0.387 e. The molecule has 0 aliphatic carbocycles. The van der Waals surface area contributed by atoms with E-state index in [1.165, 1.54) is 12.1 Å². The number of nitrogens with one attached hydrogen (secondary N) is 1. The zero-order chi connectivity index (χ0) is 14.5. The van der Waals surface area contributed by atoms with Crippen molar-refractivity contribution in [3.8, 4) is 0 Å². The van der Waals surface area contributed by atoms with Gasteiger partial charge in [0.2, 0.25) is 0 Å². The summed E-state index contributed by atoms with van der Waals surface area (Å²) in [7, 11) is 0. The van der Waals surface area contributed by atoms with Gasteiger partial charge in [0.15, 0.2) is 0 Å². The second-order valence-electron chi connectivity index (χ2n) is 4.26. The molecule has 2 aromatic rings. The highest BCUT2D eigenvalue weighted by molar-refractivity contribution is 9.10. The van der Waals surface area contributed by atoms with E-state index in [9.17, 15) is 14.3 Å². The molecule has 1 unspecified atom stereocenters. The highest BCUT2D eigenvalue weighted by Crippen LogP contribution is 2.18. The number of hydrogen-bond acceptors (Lipinski definition) is 2. The van der Waals surface area contributed by atoms with Gasteiger partial charge in [-0.25, -0.2) is 4.39 Å². The minimum absolute atomic E-state index is 0.0613. The molecule has 0 heterocycles. The summed E-state index contributed by atoms with van der Waals surface area (Å²) >= 11 is 3.19. The van der Waals surface area contributed by atoms with E-state index in [0.717, 1.165) is 6.07 Å². The van der Waals surface area contributed by atoms with Crippen LogP contribution in [0.1, 0.15) is 22.0 Å². The number of benzene rings is 2. The second kappa shape index (κ2) is 6.63. The van der Waals surface area contributed by atoms with Crippen molar-refractivity contribution in [3.05, 3.63) is 69.9 Å². The number of hydrogen-bond donors (Lipinski definition) is 2. The first-order valence-electron chi connectivity index (χ1n) is 6.04. The lowest BCUT2D eigenvalue weighted by Gasteiger charge is -2.12. The molecule has 2 aromatic carbocycles. The maximum absolute atomic E-state index is 13.1. The molecule has 0 saturated carbocycles. The first-order valence-corrected chi connectivity index (χ1v) is 6.83. The second-order valence-corrected chi connectivity index (χ2v) is 5.12. The third kappa shape index (κ3) is 3.65. The molecule has 2 rings (SSSR count). The molecule has 0 saturated heterocycles. The van der Waals surface area contributed by atoms with Crippen LogP contribution in [0.2, 0.25) is 0 Å². The van der Waals surface area contributed by atoms with Gasteiger partial charge in [0.05, 0.1) is 11.7 Å². The van der Waals surface area contributed by atoms with Gasteiger partial charge >= 0.3 is 0 Å². The van der Waals surface area contributed by atoms with Crippen molar-refractivity contribution in [2.75, 3.05) is 6.54 Å². The Morgan fingerprint density at radius 1 is 1.25 bits per heavy atom. The van der Waals surface area contributed by atoms with Crippen LogP contribution in [0, 0.1) is 5.82 Å². The molecule has 0 aliphatic heterocycles. The van der Waals surface area contributed by atoms with Gasteiger partial charge in [-0.2, -0.15) is 0 Å². The van der Waals surface area contributed by atoms with Crippen LogP contribution in [0.15, 0.2) is 53.0 Å². The molecule has 5 heteroatoms.